The molecule has 0 N–H and O–H groups in total. The monoisotopic (exact) mass is 733 g/mol. The number of carbonyl (C=O) groups excluding carboxylic acids is 2. The second kappa shape index (κ2) is 15.5. The minimum Gasteiger partial charge on any atom is -0.465 e. The van der Waals surface area contributed by atoms with Gasteiger partial charge in [-0.2, -0.15) is 0 Å². The largest absolute Gasteiger partial charge is 0.465 e. The summed E-state index contributed by atoms with van der Waals surface area (Å²) in [4.78, 5) is 27.6. The fourth-order valence-corrected chi connectivity index (χ4v) is 10.5. The van der Waals surface area contributed by atoms with Crippen LogP contribution in [0.5, 0.6) is 0 Å². The molecule has 4 aromatic carbocycles. The van der Waals surface area contributed by atoms with Crippen LogP contribution in [0.25, 0.3) is 21.5 Å². The summed E-state index contributed by atoms with van der Waals surface area (Å²) in [7, 11) is 2.81. The minimum atomic E-state index is -0.476. The van der Waals surface area contributed by atoms with Crippen LogP contribution in [0.4, 0.5) is 0 Å². The number of fused-ring (bicyclic) bond motifs is 4. The van der Waals surface area contributed by atoms with Crippen molar-refractivity contribution in [3.8, 4) is 0 Å². The lowest BCUT2D eigenvalue weighted by Crippen LogP contribution is -2.26. The Morgan fingerprint density at radius 3 is 0.815 bits per heavy atom. The number of benzene rings is 4. The topological polar surface area (TPSA) is 52.6 Å². The maximum Gasteiger partial charge on any atom is 0.339 e. The van der Waals surface area contributed by atoms with Crippen molar-refractivity contribution in [2.45, 2.75) is 171 Å². The van der Waals surface area contributed by atoms with E-state index in [1.54, 1.807) is 0 Å². The second-order valence-electron chi connectivity index (χ2n) is 18.5. The first-order valence-corrected chi connectivity index (χ1v) is 20.7. The molecule has 1 aliphatic carbocycles. The van der Waals surface area contributed by atoms with Gasteiger partial charge in [0.25, 0.3) is 0 Å². The van der Waals surface area contributed by atoms with E-state index in [0.29, 0.717) is 47.6 Å². The summed E-state index contributed by atoms with van der Waals surface area (Å²) in [5.74, 6) is 1.15. The van der Waals surface area contributed by atoms with Gasteiger partial charge in [0.1, 0.15) is 0 Å². The molecule has 5 rings (SSSR count). The molecule has 4 aromatic rings. The molecule has 4 heteroatoms. The normalized spacial score (nSPS) is 13.2. The second-order valence-corrected chi connectivity index (χ2v) is 18.5. The van der Waals surface area contributed by atoms with Crippen molar-refractivity contribution < 1.29 is 19.1 Å². The highest BCUT2D eigenvalue weighted by Crippen LogP contribution is 2.51. The third-order valence-electron chi connectivity index (χ3n) is 12.1. The van der Waals surface area contributed by atoms with Crippen molar-refractivity contribution in [3.63, 3.8) is 0 Å². The molecular weight excluding hydrogens is 665 g/mol. The van der Waals surface area contributed by atoms with Gasteiger partial charge in [0.15, 0.2) is 0 Å². The molecule has 0 atom stereocenters. The lowest BCUT2D eigenvalue weighted by molar-refractivity contribution is 0.0552. The fraction of sp³-hybridized carbons (Fsp3) is 0.560. The molecule has 0 aliphatic heterocycles. The van der Waals surface area contributed by atoms with Gasteiger partial charge in [-0.1, -0.05) is 111 Å². The highest BCUT2D eigenvalue weighted by Gasteiger charge is 2.38. The summed E-state index contributed by atoms with van der Waals surface area (Å²) >= 11 is 0. The summed E-state index contributed by atoms with van der Waals surface area (Å²) in [6, 6.07) is 5.17. The van der Waals surface area contributed by atoms with Gasteiger partial charge in [0, 0.05) is 0 Å². The number of carbonyl (C=O) groups is 2. The average molecular weight is 733 g/mol. The third kappa shape index (κ3) is 6.58. The number of rotatable bonds is 10. The van der Waals surface area contributed by atoms with E-state index in [4.69, 9.17) is 9.47 Å². The summed E-state index contributed by atoms with van der Waals surface area (Å²) < 4.78 is 10.9. The quantitative estimate of drug-likeness (QED) is 0.106. The van der Waals surface area contributed by atoms with Crippen LogP contribution in [-0.2, 0) is 22.3 Å². The Morgan fingerprint density at radius 1 is 0.370 bits per heavy atom. The fourth-order valence-electron chi connectivity index (χ4n) is 10.5. The van der Waals surface area contributed by atoms with Gasteiger partial charge in [-0.15, -0.1) is 0 Å². The molecule has 0 spiro atoms. The summed E-state index contributed by atoms with van der Waals surface area (Å²) in [5.41, 5.74) is 16.6. The molecule has 54 heavy (non-hydrogen) atoms. The molecule has 1 aliphatic rings. The number of esters is 2. The molecule has 0 bridgehead atoms. The number of methoxy groups -OCH3 is 2. The van der Waals surface area contributed by atoms with E-state index in [0.717, 1.165) is 11.1 Å². The standard InChI is InChI=1S/C50H68O4/c1-23(2)39-31-19-35-36(42(26(7)8)46(30(15)16)45(29(13)14)41(35)25(5)6)20-32(31)40(24(3)4)34-22-38-37(21-33(34)39)43(27(9)10)47(49(51)53-17)48(50(52)54-18)44(38)28(11)12/h19-20,23-30H,21-22H2,1-18H3. The lowest BCUT2D eigenvalue weighted by Gasteiger charge is -2.36. The van der Waals surface area contributed by atoms with E-state index < -0.39 is 11.9 Å². The third-order valence-corrected chi connectivity index (χ3v) is 12.1. The van der Waals surface area contributed by atoms with E-state index in [1.165, 1.54) is 91.4 Å². The Morgan fingerprint density at radius 2 is 0.593 bits per heavy atom. The van der Waals surface area contributed by atoms with E-state index in [-0.39, 0.29) is 23.7 Å². The molecule has 0 amide bonds. The highest BCUT2D eigenvalue weighted by atomic mass is 16.5. The van der Waals surface area contributed by atoms with Crippen molar-refractivity contribution in [2.75, 3.05) is 14.2 Å². The highest BCUT2D eigenvalue weighted by molar-refractivity contribution is 6.08. The molecule has 0 unspecified atom stereocenters. The molecule has 0 fully saturated rings. The van der Waals surface area contributed by atoms with Crippen molar-refractivity contribution in [3.05, 3.63) is 90.0 Å². The molecular formula is C50H68O4. The smallest absolute Gasteiger partial charge is 0.339 e. The Labute approximate surface area is 326 Å². The molecule has 0 aromatic heterocycles. The molecule has 4 nitrogen and oxygen atoms in total. The molecule has 292 valence electrons. The van der Waals surface area contributed by atoms with Gasteiger partial charge in [-0.3, -0.25) is 0 Å². The van der Waals surface area contributed by atoms with Crippen LogP contribution in [-0.4, -0.2) is 26.2 Å². The van der Waals surface area contributed by atoms with Gasteiger partial charge in [0.05, 0.1) is 25.3 Å². The number of ether oxygens (including phenoxy) is 2. The molecule has 0 radical (unpaired) electrons. The zero-order valence-electron chi connectivity index (χ0n) is 36.8. The summed E-state index contributed by atoms with van der Waals surface area (Å²) in [6.07, 6.45) is 1.42. The van der Waals surface area contributed by atoms with Crippen LogP contribution in [0.3, 0.4) is 0 Å². The molecule has 0 saturated carbocycles. The minimum absolute atomic E-state index is 0.0110. The van der Waals surface area contributed by atoms with Gasteiger partial charge in [0.2, 0.25) is 0 Å². The predicted molar refractivity (Wildman–Crippen MR) is 229 cm³/mol. The van der Waals surface area contributed by atoms with Crippen molar-refractivity contribution >= 4 is 33.5 Å². The maximum atomic E-state index is 13.8. The van der Waals surface area contributed by atoms with Crippen molar-refractivity contribution in [1.29, 1.82) is 0 Å². The van der Waals surface area contributed by atoms with Crippen LogP contribution >= 0.6 is 0 Å². The number of hydrogen-bond donors (Lipinski definition) is 0. The molecule has 0 saturated heterocycles. The SMILES string of the molecule is COC(=O)c1c(C(=O)OC)c(C(C)C)c2c(c1C(C)C)Cc1c(c(C(C)C)c3cc4c(C(C)C)c(C(C)C)c(C(C)C)c(C(C)C)c4cc3c1C(C)C)C2. The summed E-state index contributed by atoms with van der Waals surface area (Å²) in [6.45, 7) is 36.9. The van der Waals surface area contributed by atoms with E-state index >= 15 is 0 Å². The Balaban J connectivity index is 2.09. The van der Waals surface area contributed by atoms with Crippen LogP contribution in [0.2, 0.25) is 0 Å². The van der Waals surface area contributed by atoms with Crippen LogP contribution in [0.1, 0.15) is 246 Å². The lowest BCUT2D eigenvalue weighted by atomic mass is 9.68. The predicted octanol–water partition coefficient (Wildman–Crippen LogP) is 14.0. The van der Waals surface area contributed by atoms with Crippen molar-refractivity contribution in [2.24, 2.45) is 0 Å². The zero-order valence-corrected chi connectivity index (χ0v) is 36.8. The van der Waals surface area contributed by atoms with E-state index in [9.17, 15) is 9.59 Å². The van der Waals surface area contributed by atoms with Crippen LogP contribution in [0, 0.1) is 0 Å². The number of hydrogen-bond acceptors (Lipinski definition) is 4. The van der Waals surface area contributed by atoms with Crippen LogP contribution < -0.4 is 0 Å². The molecule has 0 heterocycles. The van der Waals surface area contributed by atoms with Gasteiger partial charge < -0.3 is 9.47 Å². The van der Waals surface area contributed by atoms with Crippen LogP contribution in [0.15, 0.2) is 12.1 Å². The van der Waals surface area contributed by atoms with E-state index in [1.807, 2.05) is 0 Å². The maximum absolute atomic E-state index is 13.8. The average Bonchev–Trinajstić information content (AvgIpc) is 3.08. The van der Waals surface area contributed by atoms with E-state index in [2.05, 4.69) is 123 Å². The van der Waals surface area contributed by atoms with Gasteiger partial charge >= 0.3 is 11.9 Å². The Hall–Kier alpha value is -3.66. The Bertz CT molecular complexity index is 1980. The zero-order chi connectivity index (χ0) is 40.4. The first kappa shape index (κ1) is 41.5. The first-order chi connectivity index (χ1) is 25.2. The van der Waals surface area contributed by atoms with Gasteiger partial charge in [-0.25, -0.2) is 9.59 Å². The van der Waals surface area contributed by atoms with Gasteiger partial charge in [-0.05, 0) is 161 Å². The summed E-state index contributed by atoms with van der Waals surface area (Å²) in [5, 5.41) is 5.54. The first-order valence-electron chi connectivity index (χ1n) is 20.7. The Kier molecular flexibility index (Phi) is 11.9. The van der Waals surface area contributed by atoms with Crippen molar-refractivity contribution in [1.82, 2.24) is 0 Å².